The Morgan fingerprint density at radius 2 is 1.91 bits per heavy atom. The topological polar surface area (TPSA) is 123 Å². The van der Waals surface area contributed by atoms with Crippen LogP contribution in [0.5, 0.6) is 0 Å². The minimum Gasteiger partial charge on any atom is -0.457 e. The summed E-state index contributed by atoms with van der Waals surface area (Å²) in [6.07, 6.45) is 1.33. The lowest BCUT2D eigenvalue weighted by molar-refractivity contribution is -0.384. The molecule has 1 fully saturated rings. The summed E-state index contributed by atoms with van der Waals surface area (Å²) in [6.45, 7) is -0.522. The normalized spacial score (nSPS) is 14.6. The van der Waals surface area contributed by atoms with Gasteiger partial charge in [0.25, 0.3) is 16.8 Å². The predicted molar refractivity (Wildman–Crippen MR) is 124 cm³/mol. The van der Waals surface area contributed by atoms with E-state index in [-0.39, 0.29) is 27.1 Å². The van der Waals surface area contributed by atoms with Crippen molar-refractivity contribution in [1.29, 1.82) is 0 Å². The van der Waals surface area contributed by atoms with Crippen LogP contribution >= 0.6 is 23.4 Å². The molecule has 1 aromatic heterocycles. The number of nitro benzene ring substituents is 1. The van der Waals surface area contributed by atoms with E-state index in [1.165, 1.54) is 48.5 Å². The fourth-order valence-electron chi connectivity index (χ4n) is 3.03. The molecule has 3 aromatic rings. The number of carbonyl (C=O) groups is 3. The van der Waals surface area contributed by atoms with Gasteiger partial charge in [-0.3, -0.25) is 29.4 Å². The van der Waals surface area contributed by atoms with Crippen LogP contribution in [0.25, 0.3) is 17.4 Å². The number of non-ortho nitro benzene ring substituents is 1. The standard InChI is InChI=1S/C22H13ClFN3O6S/c23-17-7-5-14(27(31)32)9-16(17)18-8-6-15(33-18)10-19-21(29)26(22(30)34-19)11-20(28)25-13-3-1-12(24)2-4-13/h1-10H,11H2,(H,25,28)/b19-10-. The maximum atomic E-state index is 13.0. The third-order valence-corrected chi connectivity index (χ3v) is 5.87. The van der Waals surface area contributed by atoms with Gasteiger partial charge in [-0.25, -0.2) is 4.39 Å². The summed E-state index contributed by atoms with van der Waals surface area (Å²) in [4.78, 5) is 48.4. The highest BCUT2D eigenvalue weighted by molar-refractivity contribution is 8.18. The summed E-state index contributed by atoms with van der Waals surface area (Å²) in [5, 5.41) is 13.1. The van der Waals surface area contributed by atoms with E-state index in [9.17, 15) is 28.9 Å². The van der Waals surface area contributed by atoms with E-state index in [4.69, 9.17) is 16.0 Å². The van der Waals surface area contributed by atoms with Crippen molar-refractivity contribution in [1.82, 2.24) is 4.90 Å². The number of carbonyl (C=O) groups excluding carboxylic acids is 3. The molecule has 172 valence electrons. The van der Waals surface area contributed by atoms with Crippen molar-refractivity contribution in [3.8, 4) is 11.3 Å². The zero-order chi connectivity index (χ0) is 24.4. The molecular weight excluding hydrogens is 489 g/mol. The van der Waals surface area contributed by atoms with Crippen molar-refractivity contribution >= 4 is 57.9 Å². The Balaban J connectivity index is 1.48. The maximum absolute atomic E-state index is 13.0. The molecule has 1 aliphatic rings. The van der Waals surface area contributed by atoms with Crippen LogP contribution in [0.1, 0.15) is 5.76 Å². The molecular formula is C22H13ClFN3O6S. The number of hydrogen-bond donors (Lipinski definition) is 1. The highest BCUT2D eigenvalue weighted by Crippen LogP contribution is 2.35. The molecule has 3 amide bonds. The van der Waals surface area contributed by atoms with Gasteiger partial charge in [0.15, 0.2) is 0 Å². The van der Waals surface area contributed by atoms with Gasteiger partial charge in [0.2, 0.25) is 5.91 Å². The smallest absolute Gasteiger partial charge is 0.294 e. The maximum Gasteiger partial charge on any atom is 0.294 e. The van der Waals surface area contributed by atoms with Crippen LogP contribution in [0.4, 0.5) is 20.6 Å². The predicted octanol–water partition coefficient (Wildman–Crippen LogP) is 5.32. The summed E-state index contributed by atoms with van der Waals surface area (Å²) in [5.74, 6) is -1.34. The molecule has 12 heteroatoms. The summed E-state index contributed by atoms with van der Waals surface area (Å²) in [5.41, 5.74) is 0.440. The van der Waals surface area contributed by atoms with Gasteiger partial charge >= 0.3 is 0 Å². The number of imide groups is 1. The number of benzene rings is 2. The number of furan rings is 1. The molecule has 34 heavy (non-hydrogen) atoms. The van der Waals surface area contributed by atoms with E-state index < -0.39 is 34.3 Å². The highest BCUT2D eigenvalue weighted by atomic mass is 35.5. The van der Waals surface area contributed by atoms with Crippen LogP contribution in [0.2, 0.25) is 5.02 Å². The van der Waals surface area contributed by atoms with Gasteiger partial charge in [-0.1, -0.05) is 11.6 Å². The van der Waals surface area contributed by atoms with Gasteiger partial charge in [0.05, 0.1) is 14.9 Å². The van der Waals surface area contributed by atoms with E-state index in [0.29, 0.717) is 23.0 Å². The summed E-state index contributed by atoms with van der Waals surface area (Å²) >= 11 is 6.76. The van der Waals surface area contributed by atoms with Gasteiger partial charge < -0.3 is 9.73 Å². The van der Waals surface area contributed by atoms with Gasteiger partial charge in [-0.2, -0.15) is 0 Å². The van der Waals surface area contributed by atoms with Crippen molar-refractivity contribution in [3.63, 3.8) is 0 Å². The minimum absolute atomic E-state index is 0.0330. The van der Waals surface area contributed by atoms with Gasteiger partial charge in [-0.15, -0.1) is 0 Å². The molecule has 0 spiro atoms. The molecule has 0 aliphatic carbocycles. The second-order valence-corrected chi connectivity index (χ2v) is 8.35. The molecule has 4 rings (SSSR count). The quantitative estimate of drug-likeness (QED) is 0.275. The number of nitrogens with zero attached hydrogens (tertiary/aromatic N) is 2. The molecule has 0 bridgehead atoms. The third-order valence-electron chi connectivity index (χ3n) is 4.63. The molecule has 9 nitrogen and oxygen atoms in total. The Morgan fingerprint density at radius 3 is 2.62 bits per heavy atom. The third kappa shape index (κ3) is 5.00. The monoisotopic (exact) mass is 501 g/mol. The first-order chi connectivity index (χ1) is 16.2. The number of hydrogen-bond acceptors (Lipinski definition) is 7. The zero-order valence-electron chi connectivity index (χ0n) is 17.0. The Kier molecular flexibility index (Phi) is 6.48. The molecule has 0 radical (unpaired) electrons. The first kappa shape index (κ1) is 23.2. The van der Waals surface area contributed by atoms with Gasteiger partial charge in [-0.05, 0) is 54.2 Å². The van der Waals surface area contributed by atoms with Gasteiger partial charge in [0, 0.05) is 29.5 Å². The summed E-state index contributed by atoms with van der Waals surface area (Å²) < 4.78 is 18.6. The lowest BCUT2D eigenvalue weighted by Crippen LogP contribution is -2.36. The van der Waals surface area contributed by atoms with Crippen LogP contribution < -0.4 is 5.32 Å². The molecule has 0 saturated carbocycles. The average Bonchev–Trinajstić information content (AvgIpc) is 3.35. The van der Waals surface area contributed by atoms with Crippen molar-refractivity contribution in [2.45, 2.75) is 0 Å². The summed E-state index contributed by atoms with van der Waals surface area (Å²) in [6, 6.07) is 12.0. The van der Waals surface area contributed by atoms with Crippen LogP contribution in [0.3, 0.4) is 0 Å². The number of anilines is 1. The number of nitrogens with one attached hydrogen (secondary N) is 1. The fourth-order valence-corrected chi connectivity index (χ4v) is 4.06. The van der Waals surface area contributed by atoms with Gasteiger partial charge in [0.1, 0.15) is 23.9 Å². The Morgan fingerprint density at radius 1 is 1.18 bits per heavy atom. The van der Waals surface area contributed by atoms with E-state index in [0.717, 1.165) is 17.0 Å². The first-order valence-corrected chi connectivity index (χ1v) is 10.8. The average molecular weight is 502 g/mol. The SMILES string of the molecule is O=C(CN1C(=O)S/C(=C\c2ccc(-c3cc([N+](=O)[O-])ccc3Cl)o2)C1=O)Nc1ccc(F)cc1. The van der Waals surface area contributed by atoms with Crippen LogP contribution in [0, 0.1) is 15.9 Å². The van der Waals surface area contributed by atoms with Crippen LogP contribution in [-0.2, 0) is 9.59 Å². The Bertz CT molecular complexity index is 1350. The minimum atomic E-state index is -0.685. The van der Waals surface area contributed by atoms with Crippen molar-refractivity contribution in [2.24, 2.45) is 0 Å². The second-order valence-electron chi connectivity index (χ2n) is 6.95. The lowest BCUT2D eigenvalue weighted by Gasteiger charge is -2.12. The van der Waals surface area contributed by atoms with Crippen LogP contribution in [0.15, 0.2) is 63.9 Å². The van der Waals surface area contributed by atoms with E-state index >= 15 is 0 Å². The van der Waals surface area contributed by atoms with Crippen molar-refractivity contribution < 1.29 is 28.1 Å². The largest absolute Gasteiger partial charge is 0.457 e. The number of nitro groups is 1. The van der Waals surface area contributed by atoms with E-state index in [2.05, 4.69) is 5.32 Å². The second kappa shape index (κ2) is 9.49. The Labute approximate surface area is 200 Å². The Hall–Kier alpha value is -3.96. The first-order valence-electron chi connectivity index (χ1n) is 9.56. The van der Waals surface area contributed by atoms with E-state index in [1.807, 2.05) is 0 Å². The lowest BCUT2D eigenvalue weighted by atomic mass is 10.1. The molecule has 1 N–H and O–H groups in total. The molecule has 1 saturated heterocycles. The van der Waals surface area contributed by atoms with Crippen molar-refractivity contribution in [3.05, 3.63) is 86.2 Å². The molecule has 2 aromatic carbocycles. The fraction of sp³-hybridized carbons (Fsp3) is 0.0455. The molecule has 0 unspecified atom stereocenters. The molecule has 2 heterocycles. The number of thioether (sulfide) groups is 1. The number of rotatable bonds is 6. The summed E-state index contributed by atoms with van der Waals surface area (Å²) in [7, 11) is 0. The molecule has 1 aliphatic heterocycles. The van der Waals surface area contributed by atoms with Crippen LogP contribution in [-0.4, -0.2) is 33.4 Å². The number of halogens is 2. The van der Waals surface area contributed by atoms with E-state index in [1.54, 1.807) is 0 Å². The number of amides is 3. The highest BCUT2D eigenvalue weighted by Gasteiger charge is 2.36. The zero-order valence-corrected chi connectivity index (χ0v) is 18.6. The molecule has 0 atom stereocenters. The van der Waals surface area contributed by atoms with Crippen molar-refractivity contribution in [2.75, 3.05) is 11.9 Å².